The zero-order valence-electron chi connectivity index (χ0n) is 11.8. The molecule has 1 fully saturated rings. The standard InChI is InChI=1S/C16H26N2/c1-3-10-16(11-7-12-17-16)14-18(2)13-15-8-5-4-6-9-15/h4-6,8-9,17H,3,7,10-14H2,1-2H3. The van der Waals surface area contributed by atoms with Crippen molar-refractivity contribution in [2.45, 2.75) is 44.7 Å². The molecule has 1 heterocycles. The molecule has 1 saturated heterocycles. The molecule has 0 saturated carbocycles. The molecule has 1 unspecified atom stereocenters. The average Bonchev–Trinajstić information content (AvgIpc) is 2.79. The summed E-state index contributed by atoms with van der Waals surface area (Å²) < 4.78 is 0. The molecule has 2 rings (SSSR count). The van der Waals surface area contributed by atoms with Gasteiger partial charge in [-0.2, -0.15) is 0 Å². The van der Waals surface area contributed by atoms with Gasteiger partial charge in [0.1, 0.15) is 0 Å². The van der Waals surface area contributed by atoms with E-state index in [0.717, 1.165) is 13.1 Å². The van der Waals surface area contributed by atoms with Gasteiger partial charge in [0.25, 0.3) is 0 Å². The molecule has 1 atom stereocenters. The van der Waals surface area contributed by atoms with E-state index in [0.29, 0.717) is 5.54 Å². The van der Waals surface area contributed by atoms with Gasteiger partial charge in [0, 0.05) is 18.6 Å². The van der Waals surface area contributed by atoms with Gasteiger partial charge in [-0.3, -0.25) is 0 Å². The van der Waals surface area contributed by atoms with Crippen LogP contribution in [0.1, 0.15) is 38.2 Å². The summed E-state index contributed by atoms with van der Waals surface area (Å²) in [5.74, 6) is 0. The van der Waals surface area contributed by atoms with Crippen molar-refractivity contribution in [3.05, 3.63) is 35.9 Å². The summed E-state index contributed by atoms with van der Waals surface area (Å²) in [7, 11) is 2.24. The molecule has 1 N–H and O–H groups in total. The van der Waals surface area contributed by atoms with Crippen LogP contribution in [0.3, 0.4) is 0 Å². The van der Waals surface area contributed by atoms with E-state index >= 15 is 0 Å². The molecule has 1 aromatic carbocycles. The van der Waals surface area contributed by atoms with Crippen LogP contribution in [0.2, 0.25) is 0 Å². The smallest absolute Gasteiger partial charge is 0.0309 e. The Bertz CT molecular complexity index is 341. The predicted molar refractivity (Wildman–Crippen MR) is 77.7 cm³/mol. The summed E-state index contributed by atoms with van der Waals surface area (Å²) in [6.45, 7) is 5.70. The number of hydrogen-bond donors (Lipinski definition) is 1. The number of nitrogens with one attached hydrogen (secondary N) is 1. The van der Waals surface area contributed by atoms with Crippen LogP contribution in [-0.4, -0.2) is 30.6 Å². The van der Waals surface area contributed by atoms with Gasteiger partial charge in [0.2, 0.25) is 0 Å². The Morgan fingerprint density at radius 2 is 2.06 bits per heavy atom. The lowest BCUT2D eigenvalue weighted by Crippen LogP contribution is -2.48. The van der Waals surface area contributed by atoms with Crippen LogP contribution in [0.15, 0.2) is 30.3 Å². The summed E-state index contributed by atoms with van der Waals surface area (Å²) in [6.07, 6.45) is 5.23. The van der Waals surface area contributed by atoms with Crippen LogP contribution < -0.4 is 5.32 Å². The largest absolute Gasteiger partial charge is 0.310 e. The predicted octanol–water partition coefficient (Wildman–Crippen LogP) is 3.04. The van der Waals surface area contributed by atoms with E-state index in [9.17, 15) is 0 Å². The number of benzene rings is 1. The molecule has 0 aliphatic carbocycles. The third-order valence-electron chi connectivity index (χ3n) is 3.93. The van der Waals surface area contributed by atoms with E-state index in [-0.39, 0.29) is 0 Å². The molecule has 18 heavy (non-hydrogen) atoms. The third kappa shape index (κ3) is 3.56. The van der Waals surface area contributed by atoms with Crippen molar-refractivity contribution in [2.24, 2.45) is 0 Å². The second kappa shape index (κ2) is 6.35. The van der Waals surface area contributed by atoms with E-state index in [1.165, 1.54) is 37.8 Å². The molecular formula is C16H26N2. The second-order valence-electron chi connectivity index (χ2n) is 5.72. The molecule has 1 aliphatic heterocycles. The van der Waals surface area contributed by atoms with Gasteiger partial charge in [-0.25, -0.2) is 0 Å². The van der Waals surface area contributed by atoms with Crippen molar-refractivity contribution in [3.8, 4) is 0 Å². The maximum Gasteiger partial charge on any atom is 0.0309 e. The summed E-state index contributed by atoms with van der Waals surface area (Å²) in [5, 5.41) is 3.75. The molecule has 0 spiro atoms. The minimum Gasteiger partial charge on any atom is -0.310 e. The lowest BCUT2D eigenvalue weighted by atomic mass is 9.91. The Morgan fingerprint density at radius 1 is 1.28 bits per heavy atom. The molecule has 0 bridgehead atoms. The highest BCUT2D eigenvalue weighted by molar-refractivity contribution is 5.14. The van der Waals surface area contributed by atoms with Gasteiger partial charge in [0.05, 0.1) is 0 Å². The Kier molecular flexibility index (Phi) is 4.79. The van der Waals surface area contributed by atoms with Gasteiger partial charge in [-0.15, -0.1) is 0 Å². The van der Waals surface area contributed by atoms with E-state index < -0.39 is 0 Å². The lowest BCUT2D eigenvalue weighted by molar-refractivity contribution is 0.207. The van der Waals surface area contributed by atoms with Crippen LogP contribution in [0, 0.1) is 0 Å². The number of nitrogens with zero attached hydrogens (tertiary/aromatic N) is 1. The molecule has 2 nitrogen and oxygen atoms in total. The quantitative estimate of drug-likeness (QED) is 0.830. The van der Waals surface area contributed by atoms with Crippen molar-refractivity contribution in [1.82, 2.24) is 10.2 Å². The van der Waals surface area contributed by atoms with Crippen molar-refractivity contribution >= 4 is 0 Å². The minimum absolute atomic E-state index is 0.373. The highest BCUT2D eigenvalue weighted by atomic mass is 15.2. The Balaban J connectivity index is 1.91. The third-order valence-corrected chi connectivity index (χ3v) is 3.93. The highest BCUT2D eigenvalue weighted by Crippen LogP contribution is 2.25. The first kappa shape index (κ1) is 13.6. The van der Waals surface area contributed by atoms with Gasteiger partial charge < -0.3 is 10.2 Å². The zero-order valence-corrected chi connectivity index (χ0v) is 11.8. The number of hydrogen-bond acceptors (Lipinski definition) is 2. The van der Waals surface area contributed by atoms with Crippen molar-refractivity contribution in [1.29, 1.82) is 0 Å². The Labute approximate surface area is 111 Å². The fraction of sp³-hybridized carbons (Fsp3) is 0.625. The van der Waals surface area contributed by atoms with Crippen LogP contribution in [0.5, 0.6) is 0 Å². The molecule has 2 heteroatoms. The van der Waals surface area contributed by atoms with Gasteiger partial charge >= 0.3 is 0 Å². The molecule has 0 radical (unpaired) electrons. The summed E-state index contributed by atoms with van der Waals surface area (Å²) >= 11 is 0. The van der Waals surface area contributed by atoms with Gasteiger partial charge in [-0.05, 0) is 38.4 Å². The van der Waals surface area contributed by atoms with Crippen molar-refractivity contribution in [2.75, 3.05) is 20.1 Å². The van der Waals surface area contributed by atoms with E-state index in [4.69, 9.17) is 0 Å². The molecule has 1 aromatic rings. The number of likely N-dealkylation sites (N-methyl/N-ethyl adjacent to an activating group) is 1. The fourth-order valence-electron chi connectivity index (χ4n) is 3.24. The van der Waals surface area contributed by atoms with Crippen LogP contribution in [0.4, 0.5) is 0 Å². The molecule has 0 aromatic heterocycles. The van der Waals surface area contributed by atoms with Crippen LogP contribution >= 0.6 is 0 Å². The van der Waals surface area contributed by atoms with E-state index in [1.54, 1.807) is 0 Å². The monoisotopic (exact) mass is 246 g/mol. The van der Waals surface area contributed by atoms with Crippen molar-refractivity contribution in [3.63, 3.8) is 0 Å². The number of rotatable bonds is 6. The Hall–Kier alpha value is -0.860. The van der Waals surface area contributed by atoms with Crippen LogP contribution in [0.25, 0.3) is 0 Å². The summed E-state index contributed by atoms with van der Waals surface area (Å²) in [6, 6.07) is 10.8. The maximum atomic E-state index is 3.75. The topological polar surface area (TPSA) is 15.3 Å². The average molecular weight is 246 g/mol. The van der Waals surface area contributed by atoms with Crippen molar-refractivity contribution < 1.29 is 0 Å². The maximum absolute atomic E-state index is 3.75. The fourth-order valence-corrected chi connectivity index (χ4v) is 3.24. The SMILES string of the molecule is CCCC1(CN(C)Cc2ccccc2)CCCN1. The highest BCUT2D eigenvalue weighted by Gasteiger charge is 2.33. The van der Waals surface area contributed by atoms with Gasteiger partial charge in [-0.1, -0.05) is 43.7 Å². The molecule has 1 aliphatic rings. The first-order valence-electron chi connectivity index (χ1n) is 7.22. The Morgan fingerprint density at radius 3 is 2.67 bits per heavy atom. The van der Waals surface area contributed by atoms with E-state index in [2.05, 4.69) is 54.5 Å². The first-order valence-corrected chi connectivity index (χ1v) is 7.22. The molecule has 100 valence electrons. The van der Waals surface area contributed by atoms with Crippen LogP contribution in [-0.2, 0) is 6.54 Å². The van der Waals surface area contributed by atoms with Gasteiger partial charge in [0.15, 0.2) is 0 Å². The second-order valence-corrected chi connectivity index (χ2v) is 5.72. The molecular weight excluding hydrogens is 220 g/mol. The van der Waals surface area contributed by atoms with E-state index in [1.807, 2.05) is 0 Å². The minimum atomic E-state index is 0.373. The first-order chi connectivity index (χ1) is 8.74. The normalized spacial score (nSPS) is 23.7. The lowest BCUT2D eigenvalue weighted by Gasteiger charge is -2.34. The summed E-state index contributed by atoms with van der Waals surface area (Å²) in [4.78, 5) is 2.46. The molecule has 0 amide bonds. The zero-order chi connectivity index (χ0) is 12.8. The summed E-state index contributed by atoms with van der Waals surface area (Å²) in [5.41, 5.74) is 1.78.